The number of ether oxygens (including phenoxy) is 2. The van der Waals surface area contributed by atoms with E-state index in [0.717, 1.165) is 29.9 Å². The number of hydrogen-bond acceptors (Lipinski definition) is 3. The minimum atomic E-state index is -0.309. The van der Waals surface area contributed by atoms with Gasteiger partial charge in [0, 0.05) is 18.0 Å². The van der Waals surface area contributed by atoms with Crippen molar-refractivity contribution in [2.24, 2.45) is 0 Å². The average molecular weight is 395 g/mol. The highest BCUT2D eigenvalue weighted by molar-refractivity contribution is 5.98. The number of piperidine rings is 1. The lowest BCUT2D eigenvalue weighted by molar-refractivity contribution is -0.118. The van der Waals surface area contributed by atoms with Gasteiger partial charge in [-0.1, -0.05) is 18.2 Å². The molecule has 1 N–H and O–H groups in total. The minimum absolute atomic E-state index is 0.0959. The van der Waals surface area contributed by atoms with Crippen LogP contribution in [0.5, 0.6) is 11.5 Å². The van der Waals surface area contributed by atoms with E-state index in [9.17, 15) is 9.18 Å². The zero-order valence-corrected chi connectivity index (χ0v) is 16.6. The highest BCUT2D eigenvalue weighted by atomic mass is 19.1. The first-order valence-corrected chi connectivity index (χ1v) is 10.2. The molecule has 2 aliphatic rings. The first kappa shape index (κ1) is 19.5. The number of hydrogen-bond donors (Lipinski definition) is 1. The van der Waals surface area contributed by atoms with E-state index in [0.29, 0.717) is 24.1 Å². The first-order valence-electron chi connectivity index (χ1n) is 10.2. The van der Waals surface area contributed by atoms with Gasteiger partial charge in [-0.05, 0) is 73.6 Å². The molecule has 29 heavy (non-hydrogen) atoms. The zero-order chi connectivity index (χ0) is 20.2. The monoisotopic (exact) mass is 395 g/mol. The summed E-state index contributed by atoms with van der Waals surface area (Å²) in [4.78, 5) is 12.3. The van der Waals surface area contributed by atoms with E-state index in [1.165, 1.54) is 25.0 Å². The van der Waals surface area contributed by atoms with Crippen molar-refractivity contribution in [1.82, 2.24) is 5.32 Å². The average Bonchev–Trinajstić information content (AvgIpc) is 3.23. The predicted molar refractivity (Wildman–Crippen MR) is 111 cm³/mol. The lowest BCUT2D eigenvalue weighted by atomic mass is 9.87. The van der Waals surface area contributed by atoms with Crippen LogP contribution in [-0.4, -0.2) is 25.7 Å². The molecule has 0 aromatic heterocycles. The standard InChI is InChI=1S/C24H26FNO3/c1-28-22-10-9-17(14-23(22)29-21-7-2-3-8-21)19-13-18(24(27)26-15-19)11-16-5-4-6-20(25)12-16/h4-6,9-12,14,19,21H,2-3,7-8,13,15H2,1H3,(H,26,27)/b18-11+/t19-/m1/s1. The van der Waals surface area contributed by atoms with Crippen molar-refractivity contribution in [2.45, 2.75) is 44.1 Å². The Bertz CT molecular complexity index is 918. The lowest BCUT2D eigenvalue weighted by Gasteiger charge is -2.26. The SMILES string of the molecule is COc1ccc([C@H]2CNC(=O)/C(=C/c3cccc(F)c3)C2)cc1OC1CCCC1. The van der Waals surface area contributed by atoms with Crippen molar-refractivity contribution in [3.05, 3.63) is 65.0 Å². The Hall–Kier alpha value is -2.82. The van der Waals surface area contributed by atoms with Crippen molar-refractivity contribution in [3.63, 3.8) is 0 Å². The molecule has 1 saturated heterocycles. The summed E-state index contributed by atoms with van der Waals surface area (Å²) in [5, 5.41) is 2.96. The van der Waals surface area contributed by atoms with E-state index >= 15 is 0 Å². The molecule has 0 bridgehead atoms. The van der Waals surface area contributed by atoms with Gasteiger partial charge in [0.05, 0.1) is 13.2 Å². The highest BCUT2D eigenvalue weighted by Crippen LogP contribution is 2.36. The minimum Gasteiger partial charge on any atom is -0.493 e. The number of carbonyl (C=O) groups is 1. The van der Waals surface area contributed by atoms with E-state index in [2.05, 4.69) is 5.32 Å². The normalized spacial score (nSPS) is 21.2. The Morgan fingerprint density at radius 1 is 1.10 bits per heavy atom. The van der Waals surface area contributed by atoms with Gasteiger partial charge in [0.1, 0.15) is 5.82 Å². The van der Waals surface area contributed by atoms with Crippen LogP contribution < -0.4 is 14.8 Å². The third-order valence-electron chi connectivity index (χ3n) is 5.71. The molecule has 4 nitrogen and oxygen atoms in total. The molecule has 1 saturated carbocycles. The van der Waals surface area contributed by atoms with Crippen LogP contribution in [0.15, 0.2) is 48.0 Å². The zero-order valence-electron chi connectivity index (χ0n) is 16.6. The number of rotatable bonds is 5. The number of nitrogens with one attached hydrogen (secondary N) is 1. The molecule has 1 aliphatic carbocycles. The van der Waals surface area contributed by atoms with E-state index < -0.39 is 0 Å². The van der Waals surface area contributed by atoms with Gasteiger partial charge in [-0.15, -0.1) is 0 Å². The Kier molecular flexibility index (Phi) is 5.84. The third kappa shape index (κ3) is 4.61. The molecule has 1 amide bonds. The molecular weight excluding hydrogens is 369 g/mol. The molecular formula is C24H26FNO3. The summed E-state index contributed by atoms with van der Waals surface area (Å²) >= 11 is 0. The second kappa shape index (κ2) is 8.68. The summed E-state index contributed by atoms with van der Waals surface area (Å²) in [5.74, 6) is 1.22. The van der Waals surface area contributed by atoms with Gasteiger partial charge in [0.25, 0.3) is 0 Å². The molecule has 1 heterocycles. The quantitative estimate of drug-likeness (QED) is 0.737. The van der Waals surface area contributed by atoms with Crippen LogP contribution in [0, 0.1) is 5.82 Å². The number of benzene rings is 2. The maximum atomic E-state index is 13.5. The maximum absolute atomic E-state index is 13.5. The van der Waals surface area contributed by atoms with Crippen LogP contribution in [0.3, 0.4) is 0 Å². The van der Waals surface area contributed by atoms with Gasteiger partial charge in [-0.25, -0.2) is 4.39 Å². The largest absolute Gasteiger partial charge is 0.493 e. The number of carbonyl (C=O) groups excluding carboxylic acids is 1. The molecule has 1 atom stereocenters. The van der Waals surface area contributed by atoms with Crippen LogP contribution in [0.1, 0.15) is 49.1 Å². The summed E-state index contributed by atoms with van der Waals surface area (Å²) in [5.41, 5.74) is 2.45. The molecule has 2 aromatic carbocycles. The van der Waals surface area contributed by atoms with Gasteiger partial charge < -0.3 is 14.8 Å². The molecule has 2 fully saturated rings. The Morgan fingerprint density at radius 3 is 2.69 bits per heavy atom. The van der Waals surface area contributed by atoms with E-state index in [1.807, 2.05) is 18.2 Å². The van der Waals surface area contributed by atoms with Crippen molar-refractivity contribution in [2.75, 3.05) is 13.7 Å². The topological polar surface area (TPSA) is 47.6 Å². The molecule has 0 radical (unpaired) electrons. The van der Waals surface area contributed by atoms with Crippen molar-refractivity contribution >= 4 is 12.0 Å². The first-order chi connectivity index (χ1) is 14.1. The second-order valence-corrected chi connectivity index (χ2v) is 7.77. The number of amides is 1. The van der Waals surface area contributed by atoms with E-state index in [1.54, 1.807) is 25.3 Å². The van der Waals surface area contributed by atoms with Gasteiger partial charge in [-0.2, -0.15) is 0 Å². The molecule has 4 rings (SSSR count). The summed E-state index contributed by atoms with van der Waals surface area (Å²) in [7, 11) is 1.65. The van der Waals surface area contributed by atoms with Crippen molar-refractivity contribution in [3.8, 4) is 11.5 Å². The van der Waals surface area contributed by atoms with Gasteiger partial charge in [0.15, 0.2) is 11.5 Å². The second-order valence-electron chi connectivity index (χ2n) is 7.77. The fourth-order valence-electron chi connectivity index (χ4n) is 4.14. The van der Waals surface area contributed by atoms with Gasteiger partial charge in [0.2, 0.25) is 5.91 Å². The Labute approximate surface area is 170 Å². The van der Waals surface area contributed by atoms with Crippen molar-refractivity contribution in [1.29, 1.82) is 0 Å². The van der Waals surface area contributed by atoms with Crippen molar-refractivity contribution < 1.29 is 18.7 Å². The third-order valence-corrected chi connectivity index (χ3v) is 5.71. The van der Waals surface area contributed by atoms with Crippen LogP contribution in [-0.2, 0) is 4.79 Å². The number of methoxy groups -OCH3 is 1. The molecule has 1 aliphatic heterocycles. The predicted octanol–water partition coefficient (Wildman–Crippen LogP) is 4.84. The molecule has 0 unspecified atom stereocenters. The highest BCUT2D eigenvalue weighted by Gasteiger charge is 2.26. The Balaban J connectivity index is 1.56. The van der Waals surface area contributed by atoms with Crippen LogP contribution >= 0.6 is 0 Å². The van der Waals surface area contributed by atoms with Gasteiger partial charge in [-0.3, -0.25) is 4.79 Å². The van der Waals surface area contributed by atoms with Gasteiger partial charge >= 0.3 is 0 Å². The number of halogens is 1. The summed E-state index contributed by atoms with van der Waals surface area (Å²) in [6.07, 6.45) is 7.17. The summed E-state index contributed by atoms with van der Waals surface area (Å²) < 4.78 is 25.2. The summed E-state index contributed by atoms with van der Waals surface area (Å²) in [6, 6.07) is 12.3. The summed E-state index contributed by atoms with van der Waals surface area (Å²) in [6.45, 7) is 0.564. The van der Waals surface area contributed by atoms with E-state index in [-0.39, 0.29) is 23.7 Å². The van der Waals surface area contributed by atoms with Crippen LogP contribution in [0.2, 0.25) is 0 Å². The Morgan fingerprint density at radius 2 is 1.93 bits per heavy atom. The van der Waals surface area contributed by atoms with Crippen LogP contribution in [0.25, 0.3) is 6.08 Å². The molecule has 0 spiro atoms. The molecule has 152 valence electrons. The van der Waals surface area contributed by atoms with Crippen LogP contribution in [0.4, 0.5) is 4.39 Å². The molecule has 2 aromatic rings. The van der Waals surface area contributed by atoms with E-state index in [4.69, 9.17) is 9.47 Å². The maximum Gasteiger partial charge on any atom is 0.247 e. The smallest absolute Gasteiger partial charge is 0.247 e. The molecule has 5 heteroatoms. The lowest BCUT2D eigenvalue weighted by Crippen LogP contribution is -2.35. The fraction of sp³-hybridized carbons (Fsp3) is 0.375. The fourth-order valence-corrected chi connectivity index (χ4v) is 4.14.